The quantitative estimate of drug-likeness (QED) is 0.182. The van der Waals surface area contributed by atoms with Gasteiger partial charge in [-0.05, 0) is 48.7 Å². The maximum absolute atomic E-state index is 14.1. The lowest BCUT2D eigenvalue weighted by molar-refractivity contribution is -0.126. The minimum absolute atomic E-state index is 0. The van der Waals surface area contributed by atoms with Crippen LogP contribution in [-0.2, 0) is 21.9 Å². The predicted octanol–water partition coefficient (Wildman–Crippen LogP) is 7.30. The SMILES string of the molecule is CCCc1cc(NC(=O)C(C(C)=N)C(=O)Nc2cccc(C(F)(F)CC)c2)cc(-c2ccccc2)c1OC.[HH]. The average Bonchev–Trinajstić information content (AvgIpc) is 2.89. The molecule has 1 atom stereocenters. The van der Waals surface area contributed by atoms with Gasteiger partial charge in [-0.2, -0.15) is 0 Å². The number of methoxy groups -OCH3 is 1. The Labute approximate surface area is 223 Å². The van der Waals surface area contributed by atoms with E-state index in [2.05, 4.69) is 10.6 Å². The van der Waals surface area contributed by atoms with Gasteiger partial charge in [0.2, 0.25) is 11.8 Å². The second-order valence-corrected chi connectivity index (χ2v) is 9.07. The molecular weight excluding hydrogens is 488 g/mol. The number of carbonyl (C=O) groups excluding carboxylic acids is 2. The Bertz CT molecular complexity index is 1320. The van der Waals surface area contributed by atoms with E-state index in [1.165, 1.54) is 38.1 Å². The van der Waals surface area contributed by atoms with E-state index in [0.717, 1.165) is 23.1 Å². The highest BCUT2D eigenvalue weighted by Crippen LogP contribution is 2.37. The minimum atomic E-state index is -3.05. The molecule has 0 saturated heterocycles. The van der Waals surface area contributed by atoms with Crippen molar-refractivity contribution in [1.82, 2.24) is 0 Å². The van der Waals surface area contributed by atoms with E-state index in [1.54, 1.807) is 19.2 Å². The van der Waals surface area contributed by atoms with Crippen LogP contribution >= 0.6 is 0 Å². The summed E-state index contributed by atoms with van der Waals surface area (Å²) < 4.78 is 34.0. The van der Waals surface area contributed by atoms with E-state index in [1.807, 2.05) is 37.3 Å². The number of benzene rings is 3. The number of hydrogen-bond donors (Lipinski definition) is 3. The molecule has 0 spiro atoms. The largest absolute Gasteiger partial charge is 0.496 e. The third kappa shape index (κ3) is 6.62. The number of rotatable bonds is 11. The Kier molecular flexibility index (Phi) is 9.34. The lowest BCUT2D eigenvalue weighted by atomic mass is 9.97. The third-order valence-electron chi connectivity index (χ3n) is 6.20. The summed E-state index contributed by atoms with van der Waals surface area (Å²) in [6, 6.07) is 18.5. The first-order valence-electron chi connectivity index (χ1n) is 12.5. The molecule has 0 aromatic heterocycles. The smallest absolute Gasteiger partial charge is 0.273 e. The molecule has 6 nitrogen and oxygen atoms in total. The fraction of sp³-hybridized carbons (Fsp3) is 0.300. The van der Waals surface area contributed by atoms with Crippen LogP contribution in [0.25, 0.3) is 11.1 Å². The molecule has 3 N–H and O–H groups in total. The Hall–Kier alpha value is -4.07. The van der Waals surface area contributed by atoms with Crippen molar-refractivity contribution >= 4 is 28.9 Å². The highest BCUT2D eigenvalue weighted by molar-refractivity contribution is 6.24. The highest BCUT2D eigenvalue weighted by Gasteiger charge is 2.31. The number of nitrogens with one attached hydrogen (secondary N) is 3. The summed E-state index contributed by atoms with van der Waals surface area (Å²) >= 11 is 0. The summed E-state index contributed by atoms with van der Waals surface area (Å²) in [6.45, 7) is 4.77. The van der Waals surface area contributed by atoms with Gasteiger partial charge >= 0.3 is 0 Å². The van der Waals surface area contributed by atoms with Crippen LogP contribution in [0.1, 0.15) is 46.2 Å². The van der Waals surface area contributed by atoms with Gasteiger partial charge in [-0.25, -0.2) is 8.78 Å². The summed E-state index contributed by atoms with van der Waals surface area (Å²) in [5, 5.41) is 13.4. The second kappa shape index (κ2) is 12.4. The molecule has 0 aliphatic carbocycles. The molecule has 8 heteroatoms. The third-order valence-corrected chi connectivity index (χ3v) is 6.20. The highest BCUT2D eigenvalue weighted by atomic mass is 19.3. The fourth-order valence-corrected chi connectivity index (χ4v) is 4.26. The van der Waals surface area contributed by atoms with Crippen molar-refractivity contribution in [2.75, 3.05) is 17.7 Å². The monoisotopic (exact) mass is 523 g/mol. The first-order chi connectivity index (χ1) is 18.1. The normalized spacial score (nSPS) is 11.9. The van der Waals surface area contributed by atoms with Gasteiger partial charge in [-0.1, -0.05) is 62.7 Å². The second-order valence-electron chi connectivity index (χ2n) is 9.07. The van der Waals surface area contributed by atoms with Gasteiger partial charge in [0.1, 0.15) is 5.75 Å². The van der Waals surface area contributed by atoms with E-state index in [9.17, 15) is 18.4 Å². The van der Waals surface area contributed by atoms with Crippen molar-refractivity contribution < 1.29 is 24.5 Å². The van der Waals surface area contributed by atoms with E-state index >= 15 is 0 Å². The van der Waals surface area contributed by atoms with Gasteiger partial charge in [0.25, 0.3) is 5.92 Å². The van der Waals surface area contributed by atoms with Crippen LogP contribution in [0.2, 0.25) is 0 Å². The lowest BCUT2D eigenvalue weighted by Crippen LogP contribution is -2.38. The van der Waals surface area contributed by atoms with E-state index in [-0.39, 0.29) is 24.8 Å². The van der Waals surface area contributed by atoms with Crippen LogP contribution in [0.5, 0.6) is 5.75 Å². The predicted molar refractivity (Wildman–Crippen MR) is 149 cm³/mol. The zero-order chi connectivity index (χ0) is 27.9. The van der Waals surface area contributed by atoms with Crippen LogP contribution in [0.4, 0.5) is 20.2 Å². The van der Waals surface area contributed by atoms with E-state index in [0.29, 0.717) is 17.9 Å². The molecule has 0 aliphatic heterocycles. The number of alkyl halides is 2. The van der Waals surface area contributed by atoms with Gasteiger partial charge in [-0.3, -0.25) is 9.59 Å². The molecule has 0 heterocycles. The van der Waals surface area contributed by atoms with Crippen LogP contribution in [0.3, 0.4) is 0 Å². The molecule has 0 bridgehead atoms. The van der Waals surface area contributed by atoms with Gasteiger partial charge < -0.3 is 20.8 Å². The Morgan fingerprint density at radius 3 is 2.21 bits per heavy atom. The van der Waals surface area contributed by atoms with Crippen LogP contribution < -0.4 is 15.4 Å². The molecule has 0 aliphatic rings. The Morgan fingerprint density at radius 2 is 1.63 bits per heavy atom. The zero-order valence-electron chi connectivity index (χ0n) is 22.0. The summed E-state index contributed by atoms with van der Waals surface area (Å²) in [7, 11) is 1.60. The van der Waals surface area contributed by atoms with Crippen molar-refractivity contribution in [2.24, 2.45) is 5.92 Å². The van der Waals surface area contributed by atoms with Crippen molar-refractivity contribution in [3.8, 4) is 16.9 Å². The summed E-state index contributed by atoms with van der Waals surface area (Å²) in [5.74, 6) is -5.27. The van der Waals surface area contributed by atoms with Gasteiger partial charge in [0.15, 0.2) is 5.92 Å². The molecule has 1 unspecified atom stereocenters. The molecule has 0 radical (unpaired) electrons. The number of ether oxygens (including phenoxy) is 1. The number of anilines is 2. The molecule has 3 aromatic carbocycles. The standard InChI is InChI=1S/C30H33F2N3O3.H2/c1-5-11-21-16-24(18-25(27(21)38-4)20-12-8-7-9-13-20)35-29(37)26(19(3)33)28(36)34-23-15-10-14-22(17-23)30(31,32)6-2;/h7-10,12-18,26,33H,5-6,11H2,1-4H3,(H,34,36)(H,35,37);1H. The maximum Gasteiger partial charge on any atom is 0.273 e. The van der Waals surface area contributed by atoms with Crippen LogP contribution in [0.15, 0.2) is 66.7 Å². The lowest BCUT2D eigenvalue weighted by Gasteiger charge is -2.20. The van der Waals surface area contributed by atoms with Crippen LogP contribution in [0, 0.1) is 11.3 Å². The Balaban J connectivity index is 0.00000533. The topological polar surface area (TPSA) is 91.3 Å². The number of halogens is 2. The first kappa shape index (κ1) is 28.5. The number of hydrogen-bond acceptors (Lipinski definition) is 4. The molecule has 38 heavy (non-hydrogen) atoms. The molecular formula is C30H35F2N3O3. The number of carbonyl (C=O) groups is 2. The average molecular weight is 524 g/mol. The van der Waals surface area contributed by atoms with E-state index in [4.69, 9.17) is 10.1 Å². The molecule has 0 fully saturated rings. The molecule has 3 rings (SSSR count). The molecule has 2 amide bonds. The minimum Gasteiger partial charge on any atom is -0.496 e. The van der Waals surface area contributed by atoms with Gasteiger partial charge in [-0.15, -0.1) is 0 Å². The number of amides is 2. The molecule has 202 valence electrons. The number of aryl methyl sites for hydroxylation is 1. The van der Waals surface area contributed by atoms with Crippen molar-refractivity contribution in [3.63, 3.8) is 0 Å². The summed E-state index contributed by atoms with van der Waals surface area (Å²) in [6.07, 6.45) is 1.17. The van der Waals surface area contributed by atoms with Crippen molar-refractivity contribution in [3.05, 3.63) is 77.9 Å². The van der Waals surface area contributed by atoms with Crippen molar-refractivity contribution in [2.45, 2.75) is 46.0 Å². The molecule has 3 aromatic rings. The van der Waals surface area contributed by atoms with Gasteiger partial charge in [0, 0.05) is 36.1 Å². The van der Waals surface area contributed by atoms with Crippen molar-refractivity contribution in [1.29, 1.82) is 5.41 Å². The summed E-state index contributed by atoms with van der Waals surface area (Å²) in [5.41, 5.74) is 2.76. The van der Waals surface area contributed by atoms with Gasteiger partial charge in [0.05, 0.1) is 7.11 Å². The van der Waals surface area contributed by atoms with E-state index < -0.39 is 23.7 Å². The molecule has 0 saturated carbocycles. The maximum atomic E-state index is 14.1. The van der Waals surface area contributed by atoms with Crippen LogP contribution in [-0.4, -0.2) is 24.6 Å². The first-order valence-corrected chi connectivity index (χ1v) is 12.5. The zero-order valence-corrected chi connectivity index (χ0v) is 22.0. The summed E-state index contributed by atoms with van der Waals surface area (Å²) in [4.78, 5) is 26.3. The Morgan fingerprint density at radius 1 is 0.974 bits per heavy atom. The fourth-order valence-electron chi connectivity index (χ4n) is 4.26.